The van der Waals surface area contributed by atoms with Gasteiger partial charge in [0.15, 0.2) is 11.5 Å². The van der Waals surface area contributed by atoms with Gasteiger partial charge in [-0.3, -0.25) is 4.79 Å². The molecular formula is C31H27BrClNO6S. The maximum absolute atomic E-state index is 13.0. The molecular weight excluding hydrogens is 630 g/mol. The van der Waals surface area contributed by atoms with Crippen LogP contribution in [0.5, 0.6) is 11.5 Å². The van der Waals surface area contributed by atoms with Gasteiger partial charge in [-0.1, -0.05) is 59.8 Å². The number of amides is 1. The first-order chi connectivity index (χ1) is 19.7. The van der Waals surface area contributed by atoms with E-state index in [-0.39, 0.29) is 29.6 Å². The quantitative estimate of drug-likeness (QED) is 0.233. The number of hydrogen-bond donors (Lipinski definition) is 1. The molecule has 4 rings (SSSR count). The Balaban J connectivity index is 1.69. The number of carbonyl (C=O) groups excluding carboxylic acids is 2. The van der Waals surface area contributed by atoms with E-state index in [1.54, 1.807) is 56.3 Å². The van der Waals surface area contributed by atoms with Crippen molar-refractivity contribution in [1.82, 2.24) is 0 Å². The molecule has 0 spiro atoms. The Morgan fingerprint density at radius 3 is 2.49 bits per heavy atom. The average molecular weight is 657 g/mol. The summed E-state index contributed by atoms with van der Waals surface area (Å²) in [7, 11) is 0. The highest BCUT2D eigenvalue weighted by Crippen LogP contribution is 2.42. The standard InChI is InChI=1S/C31H27BrClNO6S/c1-4-38-24-15-19(14-22(32)28(24)40-17-20-11-7-9-13-23(20)33)16-25-27(35)26(31(37)39-5-2)30(41-25)34-29(36)21-12-8-6-10-18(21)3/h6-16,35H,4-5,17H2,1-3H3/b25-16-,34-30?. The number of thioether (sulfide) groups is 1. The molecule has 0 aromatic heterocycles. The van der Waals surface area contributed by atoms with Gasteiger partial charge in [0.05, 0.1) is 22.6 Å². The molecule has 1 heterocycles. The number of benzene rings is 3. The molecule has 0 unspecified atom stereocenters. The Bertz CT molecular complexity index is 1580. The fraction of sp³-hybridized carbons (Fsp3) is 0.194. The van der Waals surface area contributed by atoms with E-state index in [2.05, 4.69) is 20.9 Å². The molecule has 0 atom stereocenters. The fourth-order valence-corrected chi connectivity index (χ4v) is 5.73. The molecule has 1 aliphatic rings. The van der Waals surface area contributed by atoms with Crippen molar-refractivity contribution in [3.63, 3.8) is 0 Å². The van der Waals surface area contributed by atoms with Crippen molar-refractivity contribution in [3.8, 4) is 11.5 Å². The van der Waals surface area contributed by atoms with Crippen LogP contribution in [0.3, 0.4) is 0 Å². The van der Waals surface area contributed by atoms with Gasteiger partial charge in [0.25, 0.3) is 5.91 Å². The molecule has 3 aromatic rings. The summed E-state index contributed by atoms with van der Waals surface area (Å²) < 4.78 is 17.7. The van der Waals surface area contributed by atoms with E-state index in [4.69, 9.17) is 25.8 Å². The van der Waals surface area contributed by atoms with Crippen molar-refractivity contribution < 1.29 is 28.9 Å². The number of aliphatic hydroxyl groups excluding tert-OH is 1. The third kappa shape index (κ3) is 7.22. The van der Waals surface area contributed by atoms with Gasteiger partial charge in [0.1, 0.15) is 23.0 Å². The Morgan fingerprint density at radius 2 is 1.78 bits per heavy atom. The molecule has 7 nitrogen and oxygen atoms in total. The van der Waals surface area contributed by atoms with Crippen molar-refractivity contribution in [3.05, 3.63) is 109 Å². The van der Waals surface area contributed by atoms with Crippen molar-refractivity contribution in [1.29, 1.82) is 0 Å². The lowest BCUT2D eigenvalue weighted by Gasteiger charge is -2.15. The number of ether oxygens (including phenoxy) is 3. The Labute approximate surface area is 256 Å². The zero-order valence-corrected chi connectivity index (χ0v) is 25.7. The van der Waals surface area contributed by atoms with Crippen LogP contribution in [0.15, 0.2) is 86.4 Å². The van der Waals surface area contributed by atoms with Crippen molar-refractivity contribution in [2.24, 2.45) is 4.99 Å². The molecule has 1 N–H and O–H groups in total. The van der Waals surface area contributed by atoms with Crippen LogP contribution >= 0.6 is 39.3 Å². The van der Waals surface area contributed by atoms with Crippen LogP contribution in [0, 0.1) is 6.92 Å². The summed E-state index contributed by atoms with van der Waals surface area (Å²) in [6, 6.07) is 18.0. The number of aliphatic hydroxyl groups is 1. The van der Waals surface area contributed by atoms with Crippen LogP contribution in [-0.2, 0) is 16.1 Å². The Morgan fingerprint density at radius 1 is 1.05 bits per heavy atom. The number of aryl methyl sites for hydroxylation is 1. The fourth-order valence-electron chi connectivity index (χ4n) is 3.95. The predicted molar refractivity (Wildman–Crippen MR) is 166 cm³/mol. The number of nitrogens with zero attached hydrogens (tertiary/aromatic N) is 1. The summed E-state index contributed by atoms with van der Waals surface area (Å²) in [5, 5.41) is 11.7. The smallest absolute Gasteiger partial charge is 0.344 e. The van der Waals surface area contributed by atoms with E-state index in [0.717, 1.165) is 22.9 Å². The van der Waals surface area contributed by atoms with Crippen molar-refractivity contribution >= 4 is 62.3 Å². The third-order valence-corrected chi connectivity index (χ3v) is 7.89. The van der Waals surface area contributed by atoms with Gasteiger partial charge in [-0.05, 0) is 78.2 Å². The highest BCUT2D eigenvalue weighted by Gasteiger charge is 2.34. The lowest BCUT2D eigenvalue weighted by atomic mass is 10.1. The molecule has 0 aliphatic carbocycles. The Kier molecular flexibility index (Phi) is 10.3. The maximum Gasteiger partial charge on any atom is 0.344 e. The molecule has 1 aliphatic heterocycles. The van der Waals surface area contributed by atoms with Crippen LogP contribution in [0.4, 0.5) is 0 Å². The SMILES string of the molecule is CCOC(=O)C1=C(O)/C(=C/c2cc(Br)c(OCc3ccccc3Cl)c(OCC)c2)SC1=NC(=O)c1ccccc1C. The van der Waals surface area contributed by atoms with Crippen LogP contribution in [0.25, 0.3) is 6.08 Å². The van der Waals surface area contributed by atoms with E-state index in [0.29, 0.717) is 43.6 Å². The molecule has 0 radical (unpaired) electrons. The van der Waals surface area contributed by atoms with Crippen LogP contribution in [-0.4, -0.2) is 35.2 Å². The minimum absolute atomic E-state index is 0.0595. The van der Waals surface area contributed by atoms with Crippen LogP contribution < -0.4 is 9.47 Å². The first kappa shape index (κ1) is 30.4. The van der Waals surface area contributed by atoms with Gasteiger partial charge in [-0.2, -0.15) is 0 Å². The minimum Gasteiger partial charge on any atom is -0.506 e. The molecule has 0 saturated carbocycles. The largest absolute Gasteiger partial charge is 0.506 e. The maximum atomic E-state index is 13.0. The molecule has 1 amide bonds. The lowest BCUT2D eigenvalue weighted by Crippen LogP contribution is -2.14. The monoisotopic (exact) mass is 655 g/mol. The second-order valence-corrected chi connectivity index (χ2v) is 11.0. The second kappa shape index (κ2) is 13.9. The topological polar surface area (TPSA) is 94.4 Å². The van der Waals surface area contributed by atoms with E-state index < -0.39 is 11.9 Å². The summed E-state index contributed by atoms with van der Waals surface area (Å²) in [4.78, 5) is 30.3. The molecule has 0 fully saturated rings. The predicted octanol–water partition coefficient (Wildman–Crippen LogP) is 8.09. The summed E-state index contributed by atoms with van der Waals surface area (Å²) >= 11 is 10.9. The molecule has 10 heteroatoms. The van der Waals surface area contributed by atoms with Gasteiger partial charge < -0.3 is 19.3 Å². The Hall–Kier alpha value is -3.53. The normalized spacial score (nSPS) is 15.0. The average Bonchev–Trinajstić information content (AvgIpc) is 3.23. The number of hydrogen-bond acceptors (Lipinski definition) is 7. The molecule has 0 bridgehead atoms. The summed E-state index contributed by atoms with van der Waals surface area (Å²) in [5.74, 6) is -0.648. The first-order valence-corrected chi connectivity index (χ1v) is 14.7. The number of aliphatic imine (C=N–C) groups is 1. The third-order valence-electron chi connectivity index (χ3n) is 5.91. The van der Waals surface area contributed by atoms with E-state index in [1.807, 2.05) is 31.2 Å². The highest BCUT2D eigenvalue weighted by molar-refractivity contribution is 9.10. The van der Waals surface area contributed by atoms with E-state index >= 15 is 0 Å². The molecule has 3 aromatic carbocycles. The van der Waals surface area contributed by atoms with Crippen molar-refractivity contribution in [2.45, 2.75) is 27.4 Å². The number of rotatable bonds is 9. The summed E-state index contributed by atoms with van der Waals surface area (Å²) in [6.07, 6.45) is 1.67. The summed E-state index contributed by atoms with van der Waals surface area (Å²) in [6.45, 7) is 6.04. The van der Waals surface area contributed by atoms with Gasteiger partial charge in [-0.15, -0.1) is 0 Å². The highest BCUT2D eigenvalue weighted by atomic mass is 79.9. The van der Waals surface area contributed by atoms with Gasteiger partial charge in [0, 0.05) is 16.1 Å². The van der Waals surface area contributed by atoms with E-state index in [9.17, 15) is 14.7 Å². The van der Waals surface area contributed by atoms with Gasteiger partial charge in [-0.25, -0.2) is 9.79 Å². The molecule has 0 saturated heterocycles. The molecule has 212 valence electrons. The van der Waals surface area contributed by atoms with Gasteiger partial charge >= 0.3 is 5.97 Å². The van der Waals surface area contributed by atoms with Crippen LogP contribution in [0.2, 0.25) is 5.02 Å². The number of carbonyl (C=O) groups is 2. The number of esters is 1. The van der Waals surface area contributed by atoms with Crippen molar-refractivity contribution in [2.75, 3.05) is 13.2 Å². The zero-order chi connectivity index (χ0) is 29.5. The summed E-state index contributed by atoms with van der Waals surface area (Å²) in [5.41, 5.74) is 2.46. The van der Waals surface area contributed by atoms with E-state index in [1.165, 1.54) is 0 Å². The minimum atomic E-state index is -0.767. The number of halogens is 2. The molecule has 41 heavy (non-hydrogen) atoms. The van der Waals surface area contributed by atoms with Gasteiger partial charge in [0.2, 0.25) is 0 Å². The second-order valence-electron chi connectivity index (χ2n) is 8.73. The lowest BCUT2D eigenvalue weighted by molar-refractivity contribution is -0.138. The van der Waals surface area contributed by atoms with Crippen LogP contribution in [0.1, 0.15) is 40.9 Å². The first-order valence-electron chi connectivity index (χ1n) is 12.7. The zero-order valence-electron chi connectivity index (χ0n) is 22.6.